The molecule has 1 aromatic heterocycles. The van der Waals surface area contributed by atoms with Gasteiger partial charge in [-0.1, -0.05) is 43.8 Å². The number of carbonyl (C=O) groups is 2. The summed E-state index contributed by atoms with van der Waals surface area (Å²) in [4.78, 5) is 27.6. The lowest BCUT2D eigenvalue weighted by atomic mass is 10.0. The van der Waals surface area contributed by atoms with Gasteiger partial charge in [-0.3, -0.25) is 19.9 Å². The van der Waals surface area contributed by atoms with Gasteiger partial charge in [0.05, 0.1) is 14.6 Å². The Hall–Kier alpha value is -2.34. The summed E-state index contributed by atoms with van der Waals surface area (Å²) in [6, 6.07) is 6.18. The van der Waals surface area contributed by atoms with E-state index in [1.165, 1.54) is 0 Å². The number of imide groups is 1. The molecule has 1 aliphatic heterocycles. The van der Waals surface area contributed by atoms with Gasteiger partial charge in [0.1, 0.15) is 5.75 Å². The summed E-state index contributed by atoms with van der Waals surface area (Å²) in [6.07, 6.45) is 1.69. The van der Waals surface area contributed by atoms with Gasteiger partial charge in [-0.25, -0.2) is 0 Å². The highest BCUT2D eigenvalue weighted by Gasteiger charge is 2.31. The van der Waals surface area contributed by atoms with Gasteiger partial charge in [-0.05, 0) is 61.4 Å². The highest BCUT2D eigenvalue weighted by Crippen LogP contribution is 2.26. The molecule has 1 aromatic carbocycles. The Bertz CT molecular complexity index is 1010. The van der Waals surface area contributed by atoms with Crippen LogP contribution in [0.3, 0.4) is 0 Å². The summed E-state index contributed by atoms with van der Waals surface area (Å²) in [5.41, 5.74) is 4.16. The molecule has 0 bridgehead atoms. The fourth-order valence-electron chi connectivity index (χ4n) is 3.26. The molecule has 29 heavy (non-hydrogen) atoms. The van der Waals surface area contributed by atoms with Crippen LogP contribution in [-0.4, -0.2) is 28.0 Å². The zero-order chi connectivity index (χ0) is 22.7. The van der Waals surface area contributed by atoms with Gasteiger partial charge < -0.3 is 4.74 Å². The van der Waals surface area contributed by atoms with E-state index in [1.807, 2.05) is 32.0 Å². The minimum absolute atomic E-state index is 0.179. The molecule has 2 heterocycles. The number of nitrogens with one attached hydrogen (secondary N) is 1. The van der Waals surface area contributed by atoms with Crippen molar-refractivity contribution in [2.45, 2.75) is 52.2 Å². The maximum Gasteiger partial charge on any atom is 0.286 e. The lowest BCUT2D eigenvalue weighted by Gasteiger charge is -2.13. The first-order chi connectivity index (χ1) is 14.7. The molecule has 3 rings (SSSR count). The van der Waals surface area contributed by atoms with Crippen molar-refractivity contribution in [2.75, 3.05) is 6.61 Å². The zero-order valence-corrected chi connectivity index (χ0v) is 18.1. The van der Waals surface area contributed by atoms with Crippen LogP contribution in [0.15, 0.2) is 30.3 Å². The topological polar surface area (TPSA) is 68.3 Å². The number of benzene rings is 1. The summed E-state index contributed by atoms with van der Waals surface area (Å²) in [6.45, 7) is 8.39. The first-order valence-corrected chi connectivity index (χ1v) is 10.7. The molecule has 5 nitrogen and oxygen atoms in total. The molecule has 0 spiro atoms. The van der Waals surface area contributed by atoms with Crippen LogP contribution in [0, 0.1) is 19.8 Å². The molecule has 2 aromatic rings. The molecule has 1 unspecified atom stereocenters. The van der Waals surface area contributed by atoms with Crippen molar-refractivity contribution in [3.63, 3.8) is 0 Å². The van der Waals surface area contributed by atoms with Crippen LogP contribution in [0.4, 0.5) is 4.79 Å². The summed E-state index contributed by atoms with van der Waals surface area (Å²) in [5.74, 6) is 0.899. The Balaban J connectivity index is 1.62. The molecule has 1 atom stereocenters. The summed E-state index contributed by atoms with van der Waals surface area (Å²) in [7, 11) is 0. The monoisotopic (exact) mass is 414 g/mol. The number of hydrogen-bond donors (Lipinski definition) is 1. The molecule has 0 saturated carbocycles. The van der Waals surface area contributed by atoms with Gasteiger partial charge >= 0.3 is 0 Å². The van der Waals surface area contributed by atoms with E-state index in [1.54, 1.807) is 0 Å². The zero-order valence-electron chi connectivity index (χ0n) is 19.3. The normalized spacial score (nSPS) is 17.3. The maximum absolute atomic E-state index is 11.8. The van der Waals surface area contributed by atoms with Crippen molar-refractivity contribution in [1.82, 2.24) is 10.3 Å². The summed E-state index contributed by atoms with van der Waals surface area (Å²) < 4.78 is 22.5. The summed E-state index contributed by atoms with van der Waals surface area (Å²) in [5, 5.41) is 1.63. The highest BCUT2D eigenvalue weighted by atomic mass is 32.2. The van der Waals surface area contributed by atoms with Gasteiger partial charge in [-0.2, -0.15) is 0 Å². The van der Waals surface area contributed by atoms with Gasteiger partial charge in [0.25, 0.3) is 5.24 Å². The average Bonchev–Trinajstić information content (AvgIpc) is 3.01. The molecule has 1 aliphatic rings. The van der Waals surface area contributed by atoms with Gasteiger partial charge in [0.15, 0.2) is 0 Å². The largest absolute Gasteiger partial charge is 0.493 e. The number of aryl methyl sites for hydroxylation is 2. The number of amides is 2. The van der Waals surface area contributed by atoms with Crippen LogP contribution < -0.4 is 10.1 Å². The molecular weight excluding hydrogens is 384 g/mol. The van der Waals surface area contributed by atoms with Crippen LogP contribution >= 0.6 is 11.8 Å². The Morgan fingerprint density at radius 1 is 1.28 bits per heavy atom. The minimum Gasteiger partial charge on any atom is -0.493 e. The van der Waals surface area contributed by atoms with Crippen molar-refractivity contribution < 1.29 is 17.1 Å². The van der Waals surface area contributed by atoms with Crippen molar-refractivity contribution in [2.24, 2.45) is 5.92 Å². The van der Waals surface area contributed by atoms with Crippen LogP contribution in [-0.2, 0) is 24.1 Å². The Morgan fingerprint density at radius 3 is 2.72 bits per heavy atom. The second kappa shape index (κ2) is 9.44. The predicted molar refractivity (Wildman–Crippen MR) is 117 cm³/mol. The average molecular weight is 415 g/mol. The quantitative estimate of drug-likeness (QED) is 0.693. The van der Waals surface area contributed by atoms with Crippen LogP contribution in [0.1, 0.15) is 44.7 Å². The van der Waals surface area contributed by atoms with Crippen LogP contribution in [0.5, 0.6) is 5.75 Å². The van der Waals surface area contributed by atoms with E-state index in [9.17, 15) is 9.59 Å². The smallest absolute Gasteiger partial charge is 0.286 e. The van der Waals surface area contributed by atoms with E-state index in [0.717, 1.165) is 46.3 Å². The Labute approximate surface area is 179 Å². The third kappa shape index (κ3) is 5.82. The Kier molecular flexibility index (Phi) is 6.08. The number of carbonyl (C=O) groups excluding carboxylic acids is 2. The van der Waals surface area contributed by atoms with E-state index in [2.05, 4.69) is 24.1 Å². The number of nitrogens with zero attached hydrogens (tertiary/aromatic N) is 1. The number of thioether (sulfide) groups is 1. The maximum atomic E-state index is 11.8. The van der Waals surface area contributed by atoms with E-state index < -0.39 is 0 Å². The third-order valence-electron chi connectivity index (χ3n) is 4.73. The third-order valence-corrected chi connectivity index (χ3v) is 5.71. The first-order valence-electron chi connectivity index (χ1n) is 10.8. The lowest BCUT2D eigenvalue weighted by molar-refractivity contribution is -0.118. The molecule has 6 heteroatoms. The van der Waals surface area contributed by atoms with Crippen LogP contribution in [0.2, 0.25) is 0 Å². The molecule has 2 amide bonds. The van der Waals surface area contributed by atoms with Crippen molar-refractivity contribution in [3.05, 3.63) is 58.4 Å². The van der Waals surface area contributed by atoms with Gasteiger partial charge in [-0.15, -0.1) is 0 Å². The van der Waals surface area contributed by atoms with Crippen molar-refractivity contribution >= 4 is 22.9 Å². The fraction of sp³-hybridized carbons (Fsp3) is 0.435. The first kappa shape index (κ1) is 18.7. The minimum atomic E-state index is -0.388. The SMILES string of the molecule is [2H]c1c(CCOc2ccc(CC3SC(=O)NC3=O)cc2C)nc(C)c(CC(C)C)c1[2H]. The summed E-state index contributed by atoms with van der Waals surface area (Å²) >= 11 is 1.03. The van der Waals surface area contributed by atoms with Gasteiger partial charge in [0, 0.05) is 17.8 Å². The molecule has 1 N–H and O–H groups in total. The molecule has 154 valence electrons. The fourth-order valence-corrected chi connectivity index (χ4v) is 4.12. The van der Waals surface area contributed by atoms with E-state index >= 15 is 0 Å². The van der Waals surface area contributed by atoms with E-state index in [0.29, 0.717) is 31.1 Å². The number of ether oxygens (including phenoxy) is 1. The molecule has 0 radical (unpaired) electrons. The Morgan fingerprint density at radius 2 is 2.07 bits per heavy atom. The number of aromatic nitrogens is 1. The van der Waals surface area contributed by atoms with Crippen molar-refractivity contribution in [3.8, 4) is 5.75 Å². The van der Waals surface area contributed by atoms with Gasteiger partial charge in [0.2, 0.25) is 5.91 Å². The molecule has 0 aliphatic carbocycles. The van der Waals surface area contributed by atoms with E-state index in [-0.39, 0.29) is 28.5 Å². The predicted octanol–water partition coefficient (Wildman–Crippen LogP) is 4.41. The lowest BCUT2D eigenvalue weighted by Crippen LogP contribution is -2.25. The second-order valence-corrected chi connectivity index (χ2v) is 8.93. The second-order valence-electron chi connectivity index (χ2n) is 7.76. The number of rotatable bonds is 8. The standard InChI is InChI=1S/C23H28N2O3S/c1-14(2)11-18-6-7-19(24-16(18)4)9-10-28-20-8-5-17(12-15(20)3)13-21-22(26)25-23(27)29-21/h5-8,12,14,21H,9-11,13H2,1-4H3,(H,25,26,27)/i6D,7D. The van der Waals surface area contributed by atoms with Crippen LogP contribution in [0.25, 0.3) is 0 Å². The van der Waals surface area contributed by atoms with Crippen molar-refractivity contribution in [1.29, 1.82) is 0 Å². The molecule has 1 fully saturated rings. The number of pyridine rings is 1. The highest BCUT2D eigenvalue weighted by molar-refractivity contribution is 8.15. The molecular formula is C23H28N2O3S. The van der Waals surface area contributed by atoms with E-state index in [4.69, 9.17) is 7.48 Å². The molecule has 1 saturated heterocycles. The number of hydrogen-bond acceptors (Lipinski definition) is 5.